The zero-order valence-electron chi connectivity index (χ0n) is 41.7. The third kappa shape index (κ3) is 29.4. The summed E-state index contributed by atoms with van der Waals surface area (Å²) in [4.78, 5) is 64.0. The first-order valence-electron chi connectivity index (χ1n) is 26.3. The number of methoxy groups -OCH3 is 2. The van der Waals surface area contributed by atoms with E-state index in [1.807, 2.05) is 0 Å². The van der Waals surface area contributed by atoms with Gasteiger partial charge in [-0.15, -0.1) is 0 Å². The minimum atomic E-state index is -1.26. The molecule has 0 amide bonds. The van der Waals surface area contributed by atoms with Gasteiger partial charge in [0, 0.05) is 24.0 Å². The Hall–Kier alpha value is -3.17. The van der Waals surface area contributed by atoms with Crippen molar-refractivity contribution in [2.24, 2.45) is 0 Å². The Morgan fingerprint density at radius 2 is 0.797 bits per heavy atom. The maximum Gasteiger partial charge on any atom is 0.351 e. The molecule has 0 aromatic rings. The van der Waals surface area contributed by atoms with Crippen LogP contribution < -0.4 is 0 Å². The predicted octanol–water partition coefficient (Wildman–Crippen LogP) is 14.4. The molecule has 0 saturated carbocycles. The Labute approximate surface area is 390 Å². The predicted molar refractivity (Wildman–Crippen MR) is 258 cm³/mol. The van der Waals surface area contributed by atoms with Crippen molar-refractivity contribution in [3.05, 3.63) is 22.7 Å². The van der Waals surface area contributed by atoms with Crippen LogP contribution in [0.1, 0.15) is 258 Å². The second-order valence-corrected chi connectivity index (χ2v) is 18.2. The highest BCUT2D eigenvalue weighted by Gasteiger charge is 2.34. The van der Waals surface area contributed by atoms with Gasteiger partial charge in [0.1, 0.15) is 6.61 Å². The largest absolute Gasteiger partial charge is 0.489 e. The monoisotopic (exact) mass is 903 g/mol. The highest BCUT2D eigenvalue weighted by molar-refractivity contribution is 6.23. The number of esters is 3. The molecule has 0 radical (unpaired) electrons. The first-order chi connectivity index (χ1) is 31.2. The first-order valence-corrected chi connectivity index (χ1v) is 26.3. The molecule has 1 rings (SSSR count). The third-order valence-corrected chi connectivity index (χ3v) is 12.6. The lowest BCUT2D eigenvalue weighted by Crippen LogP contribution is -2.34. The van der Waals surface area contributed by atoms with Crippen molar-refractivity contribution in [2.45, 2.75) is 264 Å². The molecule has 1 aliphatic carbocycles. The number of allylic oxidation sites excluding steroid dienone is 2. The van der Waals surface area contributed by atoms with E-state index in [0.717, 1.165) is 77.0 Å². The fourth-order valence-corrected chi connectivity index (χ4v) is 8.41. The van der Waals surface area contributed by atoms with Gasteiger partial charge < -0.3 is 23.7 Å². The summed E-state index contributed by atoms with van der Waals surface area (Å²) in [5.74, 6) is -2.12. The van der Waals surface area contributed by atoms with Crippen LogP contribution in [0.15, 0.2) is 22.7 Å². The van der Waals surface area contributed by atoms with Gasteiger partial charge in [0.2, 0.25) is 29.2 Å². The normalized spacial score (nSPS) is 13.4. The Morgan fingerprint density at radius 1 is 0.438 bits per heavy atom. The molecule has 0 fully saturated rings. The van der Waals surface area contributed by atoms with Crippen LogP contribution in [-0.2, 0) is 47.7 Å². The van der Waals surface area contributed by atoms with Gasteiger partial charge in [-0.2, -0.15) is 0 Å². The summed E-state index contributed by atoms with van der Waals surface area (Å²) < 4.78 is 26.9. The van der Waals surface area contributed by atoms with Gasteiger partial charge in [-0.1, -0.05) is 206 Å². The molecule has 0 aromatic heterocycles. The molecule has 0 aliphatic heterocycles. The number of carbonyl (C=O) groups excluding carboxylic acids is 5. The van der Waals surface area contributed by atoms with Gasteiger partial charge in [0.15, 0.2) is 0 Å². The van der Waals surface area contributed by atoms with Crippen LogP contribution in [0, 0.1) is 0 Å². The van der Waals surface area contributed by atoms with E-state index in [2.05, 4.69) is 13.8 Å². The van der Waals surface area contributed by atoms with E-state index in [-0.39, 0.29) is 55.1 Å². The lowest BCUT2D eigenvalue weighted by atomic mass is 9.89. The fraction of sp³-hybridized carbons (Fsp3) is 0.833. The van der Waals surface area contributed by atoms with E-state index >= 15 is 0 Å². The van der Waals surface area contributed by atoms with Crippen LogP contribution in [0.5, 0.6) is 0 Å². The highest BCUT2D eigenvalue weighted by atomic mass is 16.6. The van der Waals surface area contributed by atoms with Crippen LogP contribution in [-0.4, -0.2) is 63.0 Å². The Morgan fingerprint density at radius 3 is 1.22 bits per heavy atom. The molecule has 370 valence electrons. The number of ether oxygens (including phenoxy) is 5. The molecule has 1 aliphatic rings. The minimum Gasteiger partial charge on any atom is -0.489 e. The molecule has 0 heterocycles. The standard InChI is InChI=1S/C54H94O10/c1-6-8-10-12-14-16-18-20-22-24-29-33-37-41-48(55)63-44-47(64-49(56)42-38-34-30-25-23-21-19-17-15-13-11-9-7-2)54(59)62-43-39-35-31-27-26-28-32-36-40-46-45(3)50(57)52(60-4)53(61-5)51(46)58/h47H,6-44H2,1-5H3. The van der Waals surface area contributed by atoms with Crippen LogP contribution in [0.2, 0.25) is 0 Å². The maximum atomic E-state index is 13.1. The summed E-state index contributed by atoms with van der Waals surface area (Å²) in [7, 11) is 2.74. The maximum absolute atomic E-state index is 13.1. The lowest BCUT2D eigenvalue weighted by molar-refractivity contribution is -0.174. The second-order valence-electron chi connectivity index (χ2n) is 18.2. The van der Waals surface area contributed by atoms with Crippen molar-refractivity contribution in [3.8, 4) is 0 Å². The Balaban J connectivity index is 2.37. The summed E-state index contributed by atoms with van der Waals surface area (Å²) in [6, 6.07) is 0. The molecule has 0 spiro atoms. The summed E-state index contributed by atoms with van der Waals surface area (Å²) >= 11 is 0. The van der Waals surface area contributed by atoms with Crippen molar-refractivity contribution < 1.29 is 47.7 Å². The van der Waals surface area contributed by atoms with E-state index < -0.39 is 18.0 Å². The smallest absolute Gasteiger partial charge is 0.351 e. The van der Waals surface area contributed by atoms with Crippen LogP contribution >= 0.6 is 0 Å². The molecule has 0 aromatic carbocycles. The van der Waals surface area contributed by atoms with Crippen molar-refractivity contribution in [1.29, 1.82) is 0 Å². The number of carbonyl (C=O) groups is 5. The van der Waals surface area contributed by atoms with E-state index in [1.165, 1.54) is 143 Å². The van der Waals surface area contributed by atoms with Gasteiger partial charge in [-0.25, -0.2) is 4.79 Å². The molecule has 0 N–H and O–H groups in total. The molecule has 0 bridgehead atoms. The van der Waals surface area contributed by atoms with Crippen LogP contribution in [0.25, 0.3) is 0 Å². The SMILES string of the molecule is CCCCCCCCCCCCCCCC(=O)OCC(OC(=O)CCCCCCCCCCCCCCC)C(=O)OCCCCCCCCCCC1=C(C)C(=O)C(OC)=C(OC)C1=O. The third-order valence-electron chi connectivity index (χ3n) is 12.6. The molecular formula is C54H94O10. The number of unbranched alkanes of at least 4 members (excludes halogenated alkanes) is 31. The summed E-state index contributed by atoms with van der Waals surface area (Å²) in [5.41, 5.74) is 0.936. The zero-order chi connectivity index (χ0) is 46.9. The minimum absolute atomic E-state index is 0.0191. The Bertz CT molecular complexity index is 1320. The molecule has 64 heavy (non-hydrogen) atoms. The summed E-state index contributed by atoms with van der Waals surface area (Å²) in [6.07, 6.45) is 38.9. The van der Waals surface area contributed by atoms with Crippen molar-refractivity contribution in [3.63, 3.8) is 0 Å². The topological polar surface area (TPSA) is 132 Å². The van der Waals surface area contributed by atoms with E-state index in [1.54, 1.807) is 6.92 Å². The van der Waals surface area contributed by atoms with E-state index in [9.17, 15) is 24.0 Å². The molecule has 1 atom stereocenters. The quantitative estimate of drug-likeness (QED) is 0.0252. The van der Waals surface area contributed by atoms with Gasteiger partial charge >= 0.3 is 17.9 Å². The van der Waals surface area contributed by atoms with Crippen molar-refractivity contribution >= 4 is 29.5 Å². The first kappa shape index (κ1) is 58.8. The molecule has 0 saturated heterocycles. The average molecular weight is 903 g/mol. The van der Waals surface area contributed by atoms with Gasteiger partial charge in [0.25, 0.3) is 0 Å². The number of hydrogen-bond acceptors (Lipinski definition) is 10. The summed E-state index contributed by atoms with van der Waals surface area (Å²) in [6.45, 7) is 6.07. The number of hydrogen-bond donors (Lipinski definition) is 0. The van der Waals surface area contributed by atoms with Crippen molar-refractivity contribution in [1.82, 2.24) is 0 Å². The van der Waals surface area contributed by atoms with Crippen molar-refractivity contribution in [2.75, 3.05) is 27.4 Å². The molecule has 10 nitrogen and oxygen atoms in total. The Kier molecular flexibility index (Phi) is 38.0. The van der Waals surface area contributed by atoms with Gasteiger partial charge in [-0.05, 0) is 39.0 Å². The number of rotatable bonds is 45. The van der Waals surface area contributed by atoms with Gasteiger partial charge in [-0.3, -0.25) is 19.2 Å². The van der Waals surface area contributed by atoms with Crippen LogP contribution in [0.3, 0.4) is 0 Å². The molecular weight excluding hydrogens is 809 g/mol. The molecule has 10 heteroatoms. The zero-order valence-corrected chi connectivity index (χ0v) is 41.7. The van der Waals surface area contributed by atoms with E-state index in [0.29, 0.717) is 30.4 Å². The lowest BCUT2D eigenvalue weighted by Gasteiger charge is -2.20. The number of Topliss-reactive ketones (excluding diaryl/α,β-unsaturated/α-hetero) is 2. The van der Waals surface area contributed by atoms with Gasteiger partial charge in [0.05, 0.1) is 20.8 Å². The fourth-order valence-electron chi connectivity index (χ4n) is 8.41. The number of ketones is 2. The average Bonchev–Trinajstić information content (AvgIpc) is 3.29. The van der Waals surface area contributed by atoms with E-state index in [4.69, 9.17) is 23.7 Å². The highest BCUT2D eigenvalue weighted by Crippen LogP contribution is 2.29. The molecule has 1 unspecified atom stereocenters. The second kappa shape index (κ2) is 41.3. The summed E-state index contributed by atoms with van der Waals surface area (Å²) in [5, 5.41) is 0. The van der Waals surface area contributed by atoms with Crippen LogP contribution in [0.4, 0.5) is 0 Å².